The highest BCUT2D eigenvalue weighted by Gasteiger charge is 2.39. The monoisotopic (exact) mass is 366 g/mol. The van der Waals surface area contributed by atoms with Gasteiger partial charge in [-0.05, 0) is 32.6 Å². The van der Waals surface area contributed by atoms with E-state index in [4.69, 9.17) is 5.11 Å². The third-order valence-corrected chi connectivity index (χ3v) is 5.01. The van der Waals surface area contributed by atoms with Crippen LogP contribution in [0.15, 0.2) is 24.3 Å². The zero-order chi connectivity index (χ0) is 19.6. The highest BCUT2D eigenvalue weighted by atomic mass is 16.4. The highest BCUT2D eigenvalue weighted by molar-refractivity contribution is 5.84. The van der Waals surface area contributed by atoms with Crippen LogP contribution in [0.4, 0.5) is 0 Å². The first-order valence-corrected chi connectivity index (χ1v) is 9.76. The Labute approximate surface area is 156 Å². The molecule has 0 aromatic heterocycles. The molecule has 0 saturated heterocycles. The number of ketones is 1. The Balaban J connectivity index is 2.58. The lowest BCUT2D eigenvalue weighted by atomic mass is 9.88. The molecule has 1 fully saturated rings. The van der Waals surface area contributed by atoms with E-state index in [0.717, 1.165) is 19.3 Å². The molecular weight excluding hydrogens is 332 g/mol. The van der Waals surface area contributed by atoms with Gasteiger partial charge in [-0.25, -0.2) is 0 Å². The Morgan fingerprint density at radius 2 is 2.00 bits per heavy atom. The molecule has 0 spiro atoms. The maximum atomic E-state index is 12.2. The average Bonchev–Trinajstić information content (AvgIpc) is 2.82. The summed E-state index contributed by atoms with van der Waals surface area (Å²) in [4.78, 5) is 22.6. The third kappa shape index (κ3) is 8.28. The fraction of sp³-hybridized carbons (Fsp3) is 0.714. The number of allylic oxidation sites excluding steroid dienone is 2. The molecule has 0 radical (unpaired) electrons. The van der Waals surface area contributed by atoms with E-state index in [1.54, 1.807) is 13.0 Å². The van der Waals surface area contributed by atoms with Crippen molar-refractivity contribution in [2.24, 2.45) is 11.8 Å². The molecule has 0 unspecified atom stereocenters. The van der Waals surface area contributed by atoms with Gasteiger partial charge in [0.25, 0.3) is 0 Å². The summed E-state index contributed by atoms with van der Waals surface area (Å²) in [5.41, 5.74) is -0.919. The number of hydrogen-bond acceptors (Lipinski definition) is 4. The fourth-order valence-electron chi connectivity index (χ4n) is 3.39. The second-order valence-electron chi connectivity index (χ2n) is 7.59. The molecule has 0 aromatic rings. The maximum Gasteiger partial charge on any atom is 0.303 e. The Morgan fingerprint density at radius 1 is 1.27 bits per heavy atom. The van der Waals surface area contributed by atoms with Crippen molar-refractivity contribution in [2.45, 2.75) is 83.3 Å². The van der Waals surface area contributed by atoms with Crippen molar-refractivity contribution in [3.63, 3.8) is 0 Å². The lowest BCUT2D eigenvalue weighted by Gasteiger charge is -2.21. The number of carbonyl (C=O) groups is 2. The third-order valence-electron chi connectivity index (χ3n) is 5.01. The van der Waals surface area contributed by atoms with Crippen LogP contribution in [0.2, 0.25) is 0 Å². The van der Waals surface area contributed by atoms with E-state index in [1.807, 2.05) is 18.2 Å². The molecule has 5 heteroatoms. The van der Waals surface area contributed by atoms with E-state index < -0.39 is 17.7 Å². The van der Waals surface area contributed by atoms with Gasteiger partial charge in [0.1, 0.15) is 5.78 Å². The van der Waals surface area contributed by atoms with Gasteiger partial charge in [0, 0.05) is 24.7 Å². The molecule has 0 amide bonds. The number of carboxylic acid groups (broad SMARTS) is 1. The van der Waals surface area contributed by atoms with Gasteiger partial charge in [0.15, 0.2) is 0 Å². The molecule has 148 valence electrons. The van der Waals surface area contributed by atoms with Crippen LogP contribution < -0.4 is 0 Å². The lowest BCUT2D eigenvalue weighted by Crippen LogP contribution is -2.23. The van der Waals surface area contributed by atoms with Gasteiger partial charge in [0.05, 0.1) is 11.7 Å². The molecule has 0 bridgehead atoms. The number of unbranched alkanes of at least 4 members (excludes halogenated alkanes) is 3. The van der Waals surface area contributed by atoms with Crippen LogP contribution >= 0.6 is 0 Å². The molecule has 1 aliphatic carbocycles. The van der Waals surface area contributed by atoms with Crippen LogP contribution in [-0.2, 0) is 9.59 Å². The van der Waals surface area contributed by atoms with E-state index in [0.29, 0.717) is 25.7 Å². The molecule has 3 N–H and O–H groups in total. The molecule has 0 aliphatic heterocycles. The fourth-order valence-corrected chi connectivity index (χ4v) is 3.39. The minimum Gasteiger partial charge on any atom is -0.481 e. The molecule has 0 heterocycles. The number of rotatable bonds is 12. The quantitative estimate of drug-likeness (QED) is 0.362. The summed E-state index contributed by atoms with van der Waals surface area (Å²) in [7, 11) is 0. The Hall–Kier alpha value is -1.46. The smallest absolute Gasteiger partial charge is 0.303 e. The Kier molecular flexibility index (Phi) is 9.81. The maximum absolute atomic E-state index is 12.2. The van der Waals surface area contributed by atoms with Gasteiger partial charge < -0.3 is 15.3 Å². The molecule has 4 atom stereocenters. The molecule has 1 aliphatic rings. The summed E-state index contributed by atoms with van der Waals surface area (Å²) >= 11 is 0. The first kappa shape index (κ1) is 22.6. The Morgan fingerprint density at radius 3 is 2.65 bits per heavy atom. The average molecular weight is 366 g/mol. The van der Waals surface area contributed by atoms with Crippen LogP contribution in [0.3, 0.4) is 0 Å². The molecule has 26 heavy (non-hydrogen) atoms. The lowest BCUT2D eigenvalue weighted by molar-refractivity contribution is -0.137. The summed E-state index contributed by atoms with van der Waals surface area (Å²) in [6, 6.07) is 0. The number of Topliss-reactive ketones (excluding diaryl/α,β-unsaturated/α-hetero) is 1. The zero-order valence-electron chi connectivity index (χ0n) is 16.1. The second-order valence-corrected chi connectivity index (χ2v) is 7.59. The van der Waals surface area contributed by atoms with Crippen LogP contribution in [0.5, 0.6) is 0 Å². The van der Waals surface area contributed by atoms with Gasteiger partial charge >= 0.3 is 5.97 Å². The van der Waals surface area contributed by atoms with Gasteiger partial charge in [0.2, 0.25) is 0 Å². The molecule has 0 aromatic carbocycles. The van der Waals surface area contributed by atoms with E-state index in [1.165, 1.54) is 0 Å². The zero-order valence-corrected chi connectivity index (χ0v) is 16.1. The van der Waals surface area contributed by atoms with Crippen molar-refractivity contribution in [2.75, 3.05) is 0 Å². The Bertz CT molecular complexity index is 507. The van der Waals surface area contributed by atoms with Crippen molar-refractivity contribution in [1.29, 1.82) is 0 Å². The standard InChI is InChI=1S/C21H34O5/c1-3-4-9-13-21(2,26)14-12-17-16(18(22)15-19(17)23)10-7-5-6-8-11-20(24)25/h5,7,12,14,16-17,19,23,26H,3-4,6,8-11,13,15H2,1-2H3,(H,24,25)/b7-5-,14-12-/t16-,17-,19-,21+/m1/s1. The van der Waals surface area contributed by atoms with Crippen LogP contribution in [0.1, 0.15) is 71.6 Å². The van der Waals surface area contributed by atoms with Gasteiger partial charge in [-0.1, -0.05) is 50.5 Å². The van der Waals surface area contributed by atoms with Crippen molar-refractivity contribution in [3.05, 3.63) is 24.3 Å². The molecule has 5 nitrogen and oxygen atoms in total. The summed E-state index contributed by atoms with van der Waals surface area (Å²) in [6.45, 7) is 3.88. The number of carboxylic acids is 1. The van der Waals surface area contributed by atoms with E-state index in [-0.39, 0.29) is 30.5 Å². The molecular formula is C21H34O5. The van der Waals surface area contributed by atoms with Crippen LogP contribution in [0.25, 0.3) is 0 Å². The van der Waals surface area contributed by atoms with Gasteiger partial charge in [-0.15, -0.1) is 0 Å². The normalized spacial score (nSPS) is 26.0. The van der Waals surface area contributed by atoms with E-state index in [9.17, 15) is 19.8 Å². The minimum atomic E-state index is -0.919. The number of aliphatic hydroxyl groups excluding tert-OH is 1. The SMILES string of the molecule is CCCCC[C@](C)(O)/C=C\[C@H]1[C@H](O)CC(=O)[C@@H]1C/C=C\CCCC(=O)O. The predicted molar refractivity (Wildman–Crippen MR) is 102 cm³/mol. The minimum absolute atomic E-state index is 0.0490. The van der Waals surface area contributed by atoms with Crippen molar-refractivity contribution < 1.29 is 24.9 Å². The van der Waals surface area contributed by atoms with E-state index in [2.05, 4.69) is 6.92 Å². The van der Waals surface area contributed by atoms with Crippen LogP contribution in [0, 0.1) is 11.8 Å². The molecule has 1 saturated carbocycles. The topological polar surface area (TPSA) is 94.8 Å². The summed E-state index contributed by atoms with van der Waals surface area (Å²) in [5.74, 6) is -1.30. The van der Waals surface area contributed by atoms with Crippen molar-refractivity contribution in [1.82, 2.24) is 0 Å². The van der Waals surface area contributed by atoms with Gasteiger partial charge in [-0.2, -0.15) is 0 Å². The van der Waals surface area contributed by atoms with Crippen LogP contribution in [-0.4, -0.2) is 38.8 Å². The number of aliphatic hydroxyl groups is 2. The van der Waals surface area contributed by atoms with Gasteiger partial charge in [-0.3, -0.25) is 9.59 Å². The summed E-state index contributed by atoms with van der Waals surface area (Å²) < 4.78 is 0. The summed E-state index contributed by atoms with van der Waals surface area (Å²) in [6.07, 6.45) is 12.5. The largest absolute Gasteiger partial charge is 0.481 e. The first-order valence-electron chi connectivity index (χ1n) is 9.76. The summed E-state index contributed by atoms with van der Waals surface area (Å²) in [5, 5.41) is 29.3. The second kappa shape index (κ2) is 11.3. The number of hydrogen-bond donors (Lipinski definition) is 3. The first-order chi connectivity index (χ1) is 12.3. The predicted octanol–water partition coefficient (Wildman–Crippen LogP) is 3.64. The van der Waals surface area contributed by atoms with Crippen molar-refractivity contribution in [3.8, 4) is 0 Å². The van der Waals surface area contributed by atoms with E-state index >= 15 is 0 Å². The molecule has 1 rings (SSSR count). The number of carbonyl (C=O) groups excluding carboxylic acids is 1. The number of aliphatic carboxylic acids is 1. The van der Waals surface area contributed by atoms with Crippen molar-refractivity contribution >= 4 is 11.8 Å². The highest BCUT2D eigenvalue weighted by Crippen LogP contribution is 2.34.